The highest BCUT2D eigenvalue weighted by molar-refractivity contribution is 9.10. The van der Waals surface area contributed by atoms with Crippen LogP contribution >= 0.6 is 15.9 Å². The SMILES string of the molecule is Nc1cc(-c2ccccc2F)nn1-c1ccccc1Br. The molecule has 3 nitrogen and oxygen atoms in total. The molecule has 1 aromatic heterocycles. The van der Waals surface area contributed by atoms with Crippen molar-refractivity contribution < 1.29 is 4.39 Å². The Morgan fingerprint density at radius 1 is 1.05 bits per heavy atom. The summed E-state index contributed by atoms with van der Waals surface area (Å²) in [7, 11) is 0. The van der Waals surface area contributed by atoms with Gasteiger partial charge in [0.15, 0.2) is 0 Å². The van der Waals surface area contributed by atoms with Gasteiger partial charge in [0.25, 0.3) is 0 Å². The fourth-order valence-corrected chi connectivity index (χ4v) is 2.47. The van der Waals surface area contributed by atoms with E-state index >= 15 is 0 Å². The van der Waals surface area contributed by atoms with E-state index in [2.05, 4.69) is 21.0 Å². The molecule has 0 saturated carbocycles. The normalized spacial score (nSPS) is 10.7. The Morgan fingerprint density at radius 3 is 2.50 bits per heavy atom. The number of nitrogens with two attached hydrogens (primary N) is 1. The minimum absolute atomic E-state index is 0.315. The fraction of sp³-hybridized carbons (Fsp3) is 0. The van der Waals surface area contributed by atoms with Crippen molar-refractivity contribution in [1.82, 2.24) is 9.78 Å². The van der Waals surface area contributed by atoms with Gasteiger partial charge in [-0.1, -0.05) is 24.3 Å². The molecule has 2 N–H and O–H groups in total. The Balaban J connectivity index is 2.13. The summed E-state index contributed by atoms with van der Waals surface area (Å²) in [4.78, 5) is 0. The minimum atomic E-state index is -0.315. The van der Waals surface area contributed by atoms with Crippen molar-refractivity contribution in [1.29, 1.82) is 0 Å². The number of para-hydroxylation sites is 1. The molecule has 0 fully saturated rings. The Labute approximate surface area is 124 Å². The van der Waals surface area contributed by atoms with Crippen molar-refractivity contribution in [2.45, 2.75) is 0 Å². The molecule has 20 heavy (non-hydrogen) atoms. The molecule has 3 rings (SSSR count). The highest BCUT2D eigenvalue weighted by atomic mass is 79.9. The number of aromatic nitrogens is 2. The van der Waals surface area contributed by atoms with Gasteiger partial charge in [0.2, 0.25) is 0 Å². The molecule has 2 aromatic carbocycles. The van der Waals surface area contributed by atoms with Gasteiger partial charge < -0.3 is 5.73 Å². The highest BCUT2D eigenvalue weighted by Crippen LogP contribution is 2.27. The lowest BCUT2D eigenvalue weighted by molar-refractivity contribution is 0.630. The van der Waals surface area contributed by atoms with Gasteiger partial charge in [-0.15, -0.1) is 0 Å². The van der Waals surface area contributed by atoms with Crippen LogP contribution in [0.1, 0.15) is 0 Å². The second-order valence-electron chi connectivity index (χ2n) is 4.30. The summed E-state index contributed by atoms with van der Waals surface area (Å²) < 4.78 is 16.3. The molecule has 0 spiro atoms. The quantitative estimate of drug-likeness (QED) is 0.770. The number of benzene rings is 2. The number of hydrogen-bond acceptors (Lipinski definition) is 2. The molecule has 0 aliphatic carbocycles. The molecular weight excluding hydrogens is 321 g/mol. The molecule has 100 valence electrons. The zero-order valence-corrected chi connectivity index (χ0v) is 12.0. The van der Waals surface area contributed by atoms with Crippen molar-refractivity contribution in [2.75, 3.05) is 5.73 Å². The number of hydrogen-bond donors (Lipinski definition) is 1. The topological polar surface area (TPSA) is 43.8 Å². The Morgan fingerprint density at radius 2 is 1.75 bits per heavy atom. The minimum Gasteiger partial charge on any atom is -0.384 e. The van der Waals surface area contributed by atoms with Crippen molar-refractivity contribution in [3.63, 3.8) is 0 Å². The van der Waals surface area contributed by atoms with Gasteiger partial charge in [-0.2, -0.15) is 5.10 Å². The van der Waals surface area contributed by atoms with Gasteiger partial charge in [-0.3, -0.25) is 0 Å². The lowest BCUT2D eigenvalue weighted by atomic mass is 10.1. The van der Waals surface area contributed by atoms with Crippen LogP contribution in [0.15, 0.2) is 59.1 Å². The average Bonchev–Trinajstić information content (AvgIpc) is 2.81. The van der Waals surface area contributed by atoms with Crippen LogP contribution in [0.4, 0.5) is 10.2 Å². The molecule has 0 bridgehead atoms. The maximum Gasteiger partial charge on any atom is 0.132 e. The van der Waals surface area contributed by atoms with E-state index in [1.54, 1.807) is 28.9 Å². The molecule has 0 aliphatic heterocycles. The first-order chi connectivity index (χ1) is 9.66. The van der Waals surface area contributed by atoms with E-state index < -0.39 is 0 Å². The molecule has 0 aliphatic rings. The van der Waals surface area contributed by atoms with E-state index in [1.165, 1.54) is 6.07 Å². The van der Waals surface area contributed by atoms with Gasteiger partial charge in [0.05, 0.1) is 11.4 Å². The second kappa shape index (κ2) is 5.09. The zero-order chi connectivity index (χ0) is 14.1. The summed E-state index contributed by atoms with van der Waals surface area (Å²) in [6, 6.07) is 15.8. The molecule has 3 aromatic rings. The van der Waals surface area contributed by atoms with Crippen LogP contribution in [0.2, 0.25) is 0 Å². The third-order valence-corrected chi connectivity index (χ3v) is 3.64. The maximum absolute atomic E-state index is 13.8. The van der Waals surface area contributed by atoms with Crippen molar-refractivity contribution >= 4 is 21.7 Å². The van der Waals surface area contributed by atoms with Crippen LogP contribution in [-0.2, 0) is 0 Å². The maximum atomic E-state index is 13.8. The van der Waals surface area contributed by atoms with Crippen LogP contribution in [0.25, 0.3) is 16.9 Å². The van der Waals surface area contributed by atoms with Crippen molar-refractivity contribution in [2.24, 2.45) is 0 Å². The lowest BCUT2D eigenvalue weighted by Crippen LogP contribution is -2.02. The van der Waals surface area contributed by atoms with Crippen LogP contribution in [0, 0.1) is 5.82 Å². The van der Waals surface area contributed by atoms with Gasteiger partial charge in [0.1, 0.15) is 11.6 Å². The van der Waals surface area contributed by atoms with E-state index in [-0.39, 0.29) is 5.82 Å². The van der Waals surface area contributed by atoms with Crippen LogP contribution in [-0.4, -0.2) is 9.78 Å². The molecule has 0 amide bonds. The molecule has 5 heteroatoms. The standard InChI is InChI=1S/C15H11BrFN3/c16-11-6-2-4-8-14(11)20-15(18)9-13(19-20)10-5-1-3-7-12(10)17/h1-9H,18H2. The Hall–Kier alpha value is -2.14. The predicted molar refractivity (Wildman–Crippen MR) is 81.1 cm³/mol. The Bertz CT molecular complexity index is 767. The highest BCUT2D eigenvalue weighted by Gasteiger charge is 2.13. The Kier molecular flexibility index (Phi) is 3.28. The number of rotatable bonds is 2. The molecule has 0 radical (unpaired) electrons. The van der Waals surface area contributed by atoms with Crippen LogP contribution < -0.4 is 5.73 Å². The predicted octanol–water partition coefficient (Wildman–Crippen LogP) is 4.02. The number of nitrogen functional groups attached to an aromatic ring is 1. The van der Waals surface area contributed by atoms with E-state index in [0.717, 1.165) is 10.2 Å². The fourth-order valence-electron chi connectivity index (χ4n) is 2.01. The van der Waals surface area contributed by atoms with E-state index in [1.807, 2.05) is 24.3 Å². The van der Waals surface area contributed by atoms with Gasteiger partial charge in [-0.25, -0.2) is 9.07 Å². The molecular formula is C15H11BrFN3. The monoisotopic (exact) mass is 331 g/mol. The van der Waals surface area contributed by atoms with E-state index in [0.29, 0.717) is 17.1 Å². The third kappa shape index (κ3) is 2.20. The summed E-state index contributed by atoms with van der Waals surface area (Å²) in [5, 5.41) is 4.39. The van der Waals surface area contributed by atoms with Gasteiger partial charge >= 0.3 is 0 Å². The molecule has 1 heterocycles. The molecule has 0 unspecified atom stereocenters. The third-order valence-electron chi connectivity index (χ3n) is 2.97. The lowest BCUT2D eigenvalue weighted by Gasteiger charge is -2.05. The van der Waals surface area contributed by atoms with Crippen molar-refractivity contribution in [3.8, 4) is 16.9 Å². The average molecular weight is 332 g/mol. The van der Waals surface area contributed by atoms with Gasteiger partial charge in [0, 0.05) is 16.1 Å². The largest absolute Gasteiger partial charge is 0.384 e. The molecule has 0 saturated heterocycles. The number of anilines is 1. The summed E-state index contributed by atoms with van der Waals surface area (Å²) in [6.45, 7) is 0. The first-order valence-corrected chi connectivity index (χ1v) is 6.81. The summed E-state index contributed by atoms with van der Waals surface area (Å²) >= 11 is 3.46. The zero-order valence-electron chi connectivity index (χ0n) is 10.4. The van der Waals surface area contributed by atoms with Crippen LogP contribution in [0.5, 0.6) is 0 Å². The van der Waals surface area contributed by atoms with Crippen molar-refractivity contribution in [3.05, 3.63) is 64.9 Å². The van der Waals surface area contributed by atoms with E-state index in [9.17, 15) is 4.39 Å². The van der Waals surface area contributed by atoms with Gasteiger partial charge in [-0.05, 0) is 40.2 Å². The smallest absolute Gasteiger partial charge is 0.132 e. The first-order valence-electron chi connectivity index (χ1n) is 6.02. The summed E-state index contributed by atoms with van der Waals surface area (Å²) in [6.07, 6.45) is 0. The summed E-state index contributed by atoms with van der Waals surface area (Å²) in [5.74, 6) is 0.138. The molecule has 0 atom stereocenters. The van der Waals surface area contributed by atoms with E-state index in [4.69, 9.17) is 5.73 Å². The number of halogens is 2. The first kappa shape index (κ1) is 12.9. The second-order valence-corrected chi connectivity index (χ2v) is 5.15. The summed E-state index contributed by atoms with van der Waals surface area (Å²) in [5.41, 5.74) is 7.75. The van der Waals surface area contributed by atoms with Crippen LogP contribution in [0.3, 0.4) is 0 Å². The number of nitrogens with zero attached hydrogens (tertiary/aromatic N) is 2.